The van der Waals surface area contributed by atoms with Gasteiger partial charge < -0.3 is 29.2 Å². The van der Waals surface area contributed by atoms with Crippen LogP contribution in [0.2, 0.25) is 0 Å². The summed E-state index contributed by atoms with van der Waals surface area (Å²) in [5.74, 6) is 1.79. The second kappa shape index (κ2) is 15.3. The Morgan fingerprint density at radius 3 is 2.46 bits per heavy atom. The van der Waals surface area contributed by atoms with Crippen molar-refractivity contribution in [2.75, 3.05) is 49.5 Å². The van der Waals surface area contributed by atoms with Gasteiger partial charge in [-0.15, -0.1) is 0 Å². The lowest BCUT2D eigenvalue weighted by Crippen LogP contribution is -2.45. The Balaban J connectivity index is 1.24. The quantitative estimate of drug-likeness (QED) is 0.160. The number of hydrogen-bond acceptors (Lipinski definition) is 10. The van der Waals surface area contributed by atoms with Crippen molar-refractivity contribution in [1.82, 2.24) is 14.5 Å². The highest BCUT2D eigenvalue weighted by molar-refractivity contribution is 5.97. The zero-order valence-electron chi connectivity index (χ0n) is 30.0. The molecule has 1 saturated carbocycles. The summed E-state index contributed by atoms with van der Waals surface area (Å²) in [4.78, 5) is 41.6. The number of carbonyl (C=O) groups is 1. The number of fused-ring (bicyclic) bond motifs is 2. The third-order valence-electron chi connectivity index (χ3n) is 10.1. The zero-order valence-corrected chi connectivity index (χ0v) is 30.0. The first-order chi connectivity index (χ1) is 25.4. The van der Waals surface area contributed by atoms with Crippen LogP contribution in [0.25, 0.3) is 11.0 Å². The maximum atomic E-state index is 14.8. The van der Waals surface area contributed by atoms with Gasteiger partial charge in [0.1, 0.15) is 29.4 Å². The molecular formula is C40H44N6O6. The molecule has 0 saturated heterocycles. The number of nitrogens with zero attached hydrogens (tertiary/aromatic N) is 5. The molecule has 270 valence electrons. The van der Waals surface area contributed by atoms with E-state index in [9.17, 15) is 9.59 Å². The first kappa shape index (κ1) is 34.8. The molecule has 1 amide bonds. The molecule has 7 rings (SSSR count). The molecule has 3 heterocycles. The fourth-order valence-electron chi connectivity index (χ4n) is 7.31. The van der Waals surface area contributed by atoms with Gasteiger partial charge in [0.05, 0.1) is 31.7 Å². The lowest BCUT2D eigenvalue weighted by Gasteiger charge is -2.38. The molecule has 2 aliphatic rings. The average Bonchev–Trinajstić information content (AvgIpc) is 3.19. The number of methoxy groups -OCH3 is 3. The minimum atomic E-state index is -0.425. The summed E-state index contributed by atoms with van der Waals surface area (Å²) >= 11 is 0. The van der Waals surface area contributed by atoms with Gasteiger partial charge in [-0.3, -0.25) is 14.3 Å². The number of para-hydroxylation sites is 1. The number of amides is 1. The van der Waals surface area contributed by atoms with Crippen molar-refractivity contribution in [3.05, 3.63) is 106 Å². The molecule has 12 nitrogen and oxygen atoms in total. The van der Waals surface area contributed by atoms with Crippen LogP contribution in [0.5, 0.6) is 11.5 Å². The number of aryl methyl sites for hydroxylation is 1. The summed E-state index contributed by atoms with van der Waals surface area (Å²) in [6.07, 6.45) is 4.76. The van der Waals surface area contributed by atoms with Gasteiger partial charge >= 0.3 is 6.09 Å². The molecule has 2 aromatic heterocycles. The van der Waals surface area contributed by atoms with Gasteiger partial charge in [-0.1, -0.05) is 42.5 Å². The molecule has 0 bridgehead atoms. The molecule has 3 aromatic carbocycles. The molecule has 0 atom stereocenters. The number of hydrogen-bond donors (Lipinski definition) is 1. The normalized spacial score (nSPS) is 17.1. The number of anilines is 4. The van der Waals surface area contributed by atoms with Crippen molar-refractivity contribution in [2.24, 2.45) is 0 Å². The van der Waals surface area contributed by atoms with Gasteiger partial charge in [-0.25, -0.2) is 9.78 Å². The van der Waals surface area contributed by atoms with Crippen LogP contribution < -0.4 is 30.1 Å². The fourth-order valence-corrected chi connectivity index (χ4v) is 7.31. The molecule has 12 heteroatoms. The molecule has 1 aliphatic carbocycles. The maximum Gasteiger partial charge on any atom is 0.414 e. The van der Waals surface area contributed by atoms with E-state index in [1.54, 1.807) is 32.4 Å². The first-order valence-corrected chi connectivity index (χ1v) is 17.6. The second-order valence-electron chi connectivity index (χ2n) is 13.2. The Kier molecular flexibility index (Phi) is 10.3. The molecule has 1 fully saturated rings. The Hall–Kier alpha value is -5.62. The van der Waals surface area contributed by atoms with Crippen molar-refractivity contribution < 1.29 is 23.7 Å². The van der Waals surface area contributed by atoms with Crippen LogP contribution in [-0.2, 0) is 22.6 Å². The third-order valence-corrected chi connectivity index (χ3v) is 10.1. The largest absolute Gasteiger partial charge is 0.497 e. The van der Waals surface area contributed by atoms with E-state index >= 15 is 0 Å². The number of ether oxygens (including phenoxy) is 4. The third kappa shape index (κ3) is 6.98. The maximum absolute atomic E-state index is 14.8. The number of carbonyl (C=O) groups excluding carboxylic acids is 1. The van der Waals surface area contributed by atoms with E-state index < -0.39 is 6.09 Å². The van der Waals surface area contributed by atoms with Crippen molar-refractivity contribution in [1.29, 1.82) is 0 Å². The van der Waals surface area contributed by atoms with Crippen LogP contribution in [0.1, 0.15) is 48.4 Å². The summed E-state index contributed by atoms with van der Waals surface area (Å²) in [5.41, 5.74) is 5.17. The lowest BCUT2D eigenvalue weighted by atomic mass is 9.92. The van der Waals surface area contributed by atoms with Crippen LogP contribution in [0.15, 0.2) is 83.8 Å². The topological polar surface area (TPSA) is 120 Å². The number of benzene rings is 3. The van der Waals surface area contributed by atoms with Crippen LogP contribution in [0.3, 0.4) is 0 Å². The van der Waals surface area contributed by atoms with Crippen LogP contribution in [-0.4, -0.2) is 61.2 Å². The van der Waals surface area contributed by atoms with Gasteiger partial charge in [-0.2, -0.15) is 4.98 Å². The summed E-state index contributed by atoms with van der Waals surface area (Å²) in [7, 11) is 4.98. The zero-order chi connectivity index (χ0) is 36.2. The van der Waals surface area contributed by atoms with E-state index in [2.05, 4.69) is 10.3 Å². The number of rotatable bonds is 10. The fraction of sp³-hybridized carbons (Fsp3) is 0.350. The SMILES string of the molecule is COc1ccc(CNc2ncc3cc(N4CCN(C(=O)OCc5ccccc5)c5c(C)cccc54)c(=O)n(C4CCC(OC)CC4)c3n2)c(OC)c1. The Bertz CT molecular complexity index is 2110. The van der Waals surface area contributed by atoms with E-state index in [1.165, 1.54) is 0 Å². The minimum absolute atomic E-state index is 0.0722. The highest BCUT2D eigenvalue weighted by Crippen LogP contribution is 2.41. The van der Waals surface area contributed by atoms with E-state index in [4.69, 9.17) is 23.9 Å². The van der Waals surface area contributed by atoms with E-state index in [-0.39, 0.29) is 24.3 Å². The number of aromatic nitrogens is 3. The Morgan fingerprint density at radius 1 is 0.904 bits per heavy atom. The van der Waals surface area contributed by atoms with Gasteiger partial charge in [0.25, 0.3) is 5.56 Å². The van der Waals surface area contributed by atoms with Crippen LogP contribution in [0.4, 0.5) is 27.8 Å². The van der Waals surface area contributed by atoms with Gasteiger partial charge in [-0.05, 0) is 68.0 Å². The smallest absolute Gasteiger partial charge is 0.414 e. The summed E-state index contributed by atoms with van der Waals surface area (Å²) in [5, 5.41) is 4.07. The molecule has 1 N–H and O–H groups in total. The molecule has 1 aliphatic heterocycles. The molecule has 5 aromatic rings. The Morgan fingerprint density at radius 2 is 1.71 bits per heavy atom. The van der Waals surface area contributed by atoms with Gasteiger partial charge in [0, 0.05) is 56.0 Å². The molecule has 0 radical (unpaired) electrons. The number of pyridine rings is 1. The van der Waals surface area contributed by atoms with Gasteiger partial charge in [0.2, 0.25) is 5.95 Å². The predicted molar refractivity (Wildman–Crippen MR) is 201 cm³/mol. The van der Waals surface area contributed by atoms with Crippen molar-refractivity contribution in [3.63, 3.8) is 0 Å². The van der Waals surface area contributed by atoms with Crippen LogP contribution in [0, 0.1) is 6.92 Å². The van der Waals surface area contributed by atoms with Crippen molar-refractivity contribution in [3.8, 4) is 11.5 Å². The summed E-state index contributed by atoms with van der Waals surface area (Å²) in [6.45, 7) is 3.30. The number of nitrogens with one attached hydrogen (secondary N) is 1. The average molecular weight is 705 g/mol. The standard InChI is InChI=1S/C40H44N6O6/c1-26-9-8-12-33-36(26)45(40(48)52-25-27-10-6-5-7-11-27)20-19-44(33)34-21-29-24-42-39(41-23-28-13-16-32(50-3)22-35(28)51-4)43-37(29)46(38(34)47)30-14-17-31(49-2)18-15-30/h5-13,16,21-22,24,30-31H,14-15,17-20,23,25H2,1-4H3,(H,41,42,43). The van der Waals surface area contributed by atoms with E-state index in [0.717, 1.165) is 59.1 Å². The Labute approximate surface area is 302 Å². The van der Waals surface area contributed by atoms with Crippen molar-refractivity contribution in [2.45, 2.75) is 57.9 Å². The second-order valence-corrected chi connectivity index (χ2v) is 13.2. The molecule has 0 unspecified atom stereocenters. The monoisotopic (exact) mass is 704 g/mol. The van der Waals surface area contributed by atoms with Crippen molar-refractivity contribution >= 4 is 40.1 Å². The summed E-state index contributed by atoms with van der Waals surface area (Å²) in [6, 6.07) is 22.9. The lowest BCUT2D eigenvalue weighted by molar-refractivity contribution is 0.0585. The van der Waals surface area contributed by atoms with E-state index in [0.29, 0.717) is 48.4 Å². The first-order valence-electron chi connectivity index (χ1n) is 17.6. The molecule has 52 heavy (non-hydrogen) atoms. The summed E-state index contributed by atoms with van der Waals surface area (Å²) < 4.78 is 24.2. The predicted octanol–water partition coefficient (Wildman–Crippen LogP) is 7.15. The highest BCUT2D eigenvalue weighted by atomic mass is 16.6. The molecule has 0 spiro atoms. The highest BCUT2D eigenvalue weighted by Gasteiger charge is 2.33. The minimum Gasteiger partial charge on any atom is -0.497 e. The molecular weight excluding hydrogens is 660 g/mol. The van der Waals surface area contributed by atoms with Gasteiger partial charge in [0.15, 0.2) is 0 Å². The van der Waals surface area contributed by atoms with Crippen LogP contribution >= 0.6 is 0 Å². The van der Waals surface area contributed by atoms with E-state index in [1.807, 2.05) is 89.2 Å².